The molecule has 1 aromatic rings. The van der Waals surface area contributed by atoms with Crippen molar-refractivity contribution in [1.82, 2.24) is 4.90 Å². The Labute approximate surface area is 152 Å². The van der Waals surface area contributed by atoms with Gasteiger partial charge in [-0.2, -0.15) is 0 Å². The minimum atomic E-state index is -0.479. The highest BCUT2D eigenvalue weighted by molar-refractivity contribution is 5.86. The standard InChI is InChI=1S/C20H26F2N2O2/c21-14-2-7-17(22)18(12-14)23-10-1-8-20(13-23)9-11-24(19(20)26)15-3-5-16(25)6-4-15/h2,7,12,15-16,25H,1,3-6,8-11,13H2/t15-,16-,20?. The molecule has 3 aliphatic rings. The van der Waals surface area contributed by atoms with E-state index in [1.165, 1.54) is 6.07 Å². The number of amides is 1. The number of anilines is 1. The van der Waals surface area contributed by atoms with Crippen LogP contribution in [0.1, 0.15) is 44.9 Å². The quantitative estimate of drug-likeness (QED) is 0.877. The van der Waals surface area contributed by atoms with Gasteiger partial charge in [0.05, 0.1) is 17.2 Å². The number of rotatable bonds is 2. The Balaban J connectivity index is 1.51. The predicted octanol–water partition coefficient (Wildman–Crippen LogP) is 3.09. The first kappa shape index (κ1) is 17.7. The summed E-state index contributed by atoms with van der Waals surface area (Å²) in [6.07, 6.45) is 5.36. The van der Waals surface area contributed by atoms with E-state index in [1.807, 2.05) is 9.80 Å². The Morgan fingerprint density at radius 2 is 1.85 bits per heavy atom. The van der Waals surface area contributed by atoms with E-state index in [1.54, 1.807) is 0 Å². The predicted molar refractivity (Wildman–Crippen MR) is 94.8 cm³/mol. The number of halogens is 2. The van der Waals surface area contributed by atoms with Crippen LogP contribution in [0, 0.1) is 17.0 Å². The van der Waals surface area contributed by atoms with Gasteiger partial charge in [-0.25, -0.2) is 8.78 Å². The molecule has 6 heteroatoms. The van der Waals surface area contributed by atoms with E-state index in [4.69, 9.17) is 0 Å². The normalized spacial score (nSPS) is 32.5. The Hall–Kier alpha value is -1.69. The minimum absolute atomic E-state index is 0.167. The van der Waals surface area contributed by atoms with Gasteiger partial charge < -0.3 is 14.9 Å². The molecule has 1 atom stereocenters. The van der Waals surface area contributed by atoms with Gasteiger partial charge in [0.1, 0.15) is 11.6 Å². The molecule has 1 spiro atoms. The van der Waals surface area contributed by atoms with Crippen molar-refractivity contribution >= 4 is 11.6 Å². The number of aliphatic hydroxyl groups excluding tert-OH is 1. The van der Waals surface area contributed by atoms with Gasteiger partial charge in [-0.05, 0) is 57.1 Å². The summed E-state index contributed by atoms with van der Waals surface area (Å²) >= 11 is 0. The fourth-order valence-electron chi connectivity index (χ4n) is 5.01. The number of hydrogen-bond donors (Lipinski definition) is 1. The van der Waals surface area contributed by atoms with E-state index in [0.29, 0.717) is 13.1 Å². The molecule has 142 valence electrons. The Bertz CT molecular complexity index is 690. The molecule has 1 N–H and O–H groups in total. The molecule has 2 heterocycles. The van der Waals surface area contributed by atoms with Crippen molar-refractivity contribution in [3.05, 3.63) is 29.8 Å². The van der Waals surface area contributed by atoms with Crippen molar-refractivity contribution in [2.45, 2.75) is 57.1 Å². The molecule has 1 aliphatic carbocycles. The van der Waals surface area contributed by atoms with Crippen molar-refractivity contribution in [3.63, 3.8) is 0 Å². The number of benzene rings is 1. The number of aliphatic hydroxyl groups is 1. The maximum atomic E-state index is 14.2. The first-order valence-electron chi connectivity index (χ1n) is 9.68. The summed E-state index contributed by atoms with van der Waals surface area (Å²) < 4.78 is 27.8. The molecule has 1 amide bonds. The number of likely N-dealkylation sites (tertiary alicyclic amines) is 1. The van der Waals surface area contributed by atoms with Crippen LogP contribution in [0.4, 0.5) is 14.5 Å². The zero-order valence-electron chi connectivity index (χ0n) is 15.0. The third-order valence-corrected chi connectivity index (χ3v) is 6.48. The number of nitrogens with zero attached hydrogens (tertiary/aromatic N) is 2. The van der Waals surface area contributed by atoms with Crippen LogP contribution in [-0.4, -0.2) is 47.7 Å². The first-order chi connectivity index (χ1) is 12.5. The van der Waals surface area contributed by atoms with Crippen LogP contribution in [0.15, 0.2) is 18.2 Å². The molecule has 1 aromatic carbocycles. The van der Waals surface area contributed by atoms with Crippen LogP contribution >= 0.6 is 0 Å². The van der Waals surface area contributed by atoms with Crippen molar-refractivity contribution in [2.75, 3.05) is 24.5 Å². The highest BCUT2D eigenvalue weighted by Crippen LogP contribution is 2.43. The van der Waals surface area contributed by atoms with Gasteiger partial charge in [0.2, 0.25) is 5.91 Å². The number of carbonyl (C=O) groups excluding carboxylic acids is 1. The van der Waals surface area contributed by atoms with E-state index in [2.05, 4.69) is 0 Å². The van der Waals surface area contributed by atoms with Gasteiger partial charge in [0.25, 0.3) is 0 Å². The number of carbonyl (C=O) groups is 1. The zero-order chi connectivity index (χ0) is 18.3. The SMILES string of the molecule is O=C1N([C@H]2CC[C@H](O)CC2)CCC12CCCN(c1cc(F)ccc1F)C2. The van der Waals surface area contributed by atoms with Gasteiger partial charge in [-0.1, -0.05) is 0 Å². The molecule has 4 nitrogen and oxygen atoms in total. The molecule has 1 unspecified atom stereocenters. The van der Waals surface area contributed by atoms with Crippen LogP contribution in [-0.2, 0) is 4.79 Å². The van der Waals surface area contributed by atoms with E-state index in [9.17, 15) is 18.7 Å². The van der Waals surface area contributed by atoms with Crippen molar-refractivity contribution < 1.29 is 18.7 Å². The van der Waals surface area contributed by atoms with E-state index in [-0.39, 0.29) is 23.7 Å². The molecule has 2 aliphatic heterocycles. The summed E-state index contributed by atoms with van der Waals surface area (Å²) in [5, 5.41) is 9.71. The lowest BCUT2D eigenvalue weighted by Gasteiger charge is -2.41. The van der Waals surface area contributed by atoms with Gasteiger partial charge >= 0.3 is 0 Å². The van der Waals surface area contributed by atoms with Gasteiger partial charge in [-0.3, -0.25) is 4.79 Å². The lowest BCUT2D eigenvalue weighted by atomic mass is 9.78. The monoisotopic (exact) mass is 364 g/mol. The Morgan fingerprint density at radius 3 is 2.62 bits per heavy atom. The van der Waals surface area contributed by atoms with Crippen molar-refractivity contribution in [3.8, 4) is 0 Å². The second kappa shape index (κ2) is 6.80. The third kappa shape index (κ3) is 3.08. The molecule has 2 saturated heterocycles. The summed E-state index contributed by atoms with van der Waals surface area (Å²) in [7, 11) is 0. The van der Waals surface area contributed by atoms with Crippen LogP contribution < -0.4 is 4.90 Å². The van der Waals surface area contributed by atoms with Crippen LogP contribution in [0.5, 0.6) is 0 Å². The summed E-state index contributed by atoms with van der Waals surface area (Å²) in [4.78, 5) is 17.1. The van der Waals surface area contributed by atoms with Crippen LogP contribution in [0.3, 0.4) is 0 Å². The van der Waals surface area contributed by atoms with E-state index in [0.717, 1.165) is 63.6 Å². The largest absolute Gasteiger partial charge is 0.393 e. The molecule has 1 saturated carbocycles. The topological polar surface area (TPSA) is 43.8 Å². The van der Waals surface area contributed by atoms with Gasteiger partial charge in [0, 0.05) is 31.7 Å². The minimum Gasteiger partial charge on any atom is -0.393 e. The number of hydrogen-bond acceptors (Lipinski definition) is 3. The second-order valence-corrected chi connectivity index (χ2v) is 8.11. The van der Waals surface area contributed by atoms with Crippen LogP contribution in [0.2, 0.25) is 0 Å². The highest BCUT2D eigenvalue weighted by atomic mass is 19.1. The van der Waals surface area contributed by atoms with Crippen molar-refractivity contribution in [1.29, 1.82) is 0 Å². The molecular formula is C20H26F2N2O2. The summed E-state index contributed by atoms with van der Waals surface area (Å²) in [6.45, 7) is 1.84. The zero-order valence-corrected chi connectivity index (χ0v) is 15.0. The fourth-order valence-corrected chi connectivity index (χ4v) is 5.01. The van der Waals surface area contributed by atoms with Gasteiger partial charge in [0.15, 0.2) is 0 Å². The lowest BCUT2D eigenvalue weighted by Crippen LogP contribution is -2.50. The summed E-state index contributed by atoms with van der Waals surface area (Å²) in [5.74, 6) is -0.728. The molecule has 4 rings (SSSR count). The summed E-state index contributed by atoms with van der Waals surface area (Å²) in [5.41, 5.74) is -0.219. The van der Waals surface area contributed by atoms with Gasteiger partial charge in [-0.15, -0.1) is 0 Å². The molecule has 0 aromatic heterocycles. The maximum Gasteiger partial charge on any atom is 0.230 e. The average Bonchev–Trinajstić information content (AvgIpc) is 2.94. The Kier molecular flexibility index (Phi) is 4.63. The first-order valence-corrected chi connectivity index (χ1v) is 9.68. The lowest BCUT2D eigenvalue weighted by molar-refractivity contribution is -0.139. The van der Waals surface area contributed by atoms with Crippen molar-refractivity contribution in [2.24, 2.45) is 5.41 Å². The highest BCUT2D eigenvalue weighted by Gasteiger charge is 2.50. The van der Waals surface area contributed by atoms with E-state index >= 15 is 0 Å². The fraction of sp³-hybridized carbons (Fsp3) is 0.650. The molecule has 0 bridgehead atoms. The third-order valence-electron chi connectivity index (χ3n) is 6.48. The Morgan fingerprint density at radius 1 is 1.08 bits per heavy atom. The van der Waals surface area contributed by atoms with Crippen LogP contribution in [0.25, 0.3) is 0 Å². The molecule has 0 radical (unpaired) electrons. The molecular weight excluding hydrogens is 338 g/mol. The smallest absolute Gasteiger partial charge is 0.230 e. The molecule has 3 fully saturated rings. The average molecular weight is 364 g/mol. The van der Waals surface area contributed by atoms with E-state index < -0.39 is 17.0 Å². The second-order valence-electron chi connectivity index (χ2n) is 8.11. The summed E-state index contributed by atoms with van der Waals surface area (Å²) in [6, 6.07) is 3.72. The number of piperidine rings is 1. The molecule has 26 heavy (non-hydrogen) atoms. The maximum absolute atomic E-state index is 14.2.